The molecule has 1 amide bonds. The molecule has 5 nitrogen and oxygen atoms in total. The fraction of sp³-hybridized carbons (Fsp3) is 0.429. The number of hydrogen-bond donors (Lipinski definition) is 2. The summed E-state index contributed by atoms with van der Waals surface area (Å²) >= 11 is 0. The summed E-state index contributed by atoms with van der Waals surface area (Å²) in [6, 6.07) is 7.30. The van der Waals surface area contributed by atoms with Gasteiger partial charge in [0.1, 0.15) is 6.10 Å². The van der Waals surface area contributed by atoms with Gasteiger partial charge in [-0.05, 0) is 24.0 Å². The van der Waals surface area contributed by atoms with E-state index in [1.165, 1.54) is 7.11 Å². The van der Waals surface area contributed by atoms with E-state index in [1.54, 1.807) is 0 Å². The van der Waals surface area contributed by atoms with Gasteiger partial charge in [-0.15, -0.1) is 0 Å². The molecule has 1 saturated heterocycles. The molecule has 0 aromatic heterocycles. The standard InChI is InChI=1S/C14H17NO4/c1-19-13(17)8-9-4-2-3-5-10(9)11-6-7-12(16)14(18)15-11/h2-5,11-12,16H,6-8H2,1H3,(H,15,18). The first kappa shape index (κ1) is 13.5. The third-order valence-corrected chi connectivity index (χ3v) is 3.34. The lowest BCUT2D eigenvalue weighted by atomic mass is 9.91. The fourth-order valence-corrected chi connectivity index (χ4v) is 2.29. The smallest absolute Gasteiger partial charge is 0.309 e. The van der Waals surface area contributed by atoms with E-state index in [0.29, 0.717) is 12.8 Å². The Kier molecular flexibility index (Phi) is 4.16. The third kappa shape index (κ3) is 3.12. The van der Waals surface area contributed by atoms with Gasteiger partial charge < -0.3 is 15.2 Å². The summed E-state index contributed by atoms with van der Waals surface area (Å²) in [6.45, 7) is 0. The van der Waals surface area contributed by atoms with Gasteiger partial charge in [0.15, 0.2) is 0 Å². The van der Waals surface area contributed by atoms with Crippen LogP contribution in [0.25, 0.3) is 0 Å². The van der Waals surface area contributed by atoms with Crippen LogP contribution in [0.5, 0.6) is 0 Å². The molecule has 1 aromatic carbocycles. The van der Waals surface area contributed by atoms with Crippen LogP contribution in [0.2, 0.25) is 0 Å². The van der Waals surface area contributed by atoms with Crippen molar-refractivity contribution in [2.45, 2.75) is 31.4 Å². The van der Waals surface area contributed by atoms with E-state index in [1.807, 2.05) is 24.3 Å². The molecular formula is C14H17NO4. The molecule has 1 heterocycles. The number of aliphatic hydroxyl groups excluding tert-OH is 1. The minimum Gasteiger partial charge on any atom is -0.469 e. The summed E-state index contributed by atoms with van der Waals surface area (Å²) in [6.07, 6.45) is 0.347. The first-order valence-corrected chi connectivity index (χ1v) is 6.25. The average Bonchev–Trinajstić information content (AvgIpc) is 2.42. The van der Waals surface area contributed by atoms with Gasteiger partial charge in [0.05, 0.1) is 19.6 Å². The number of piperidine rings is 1. The SMILES string of the molecule is COC(=O)Cc1ccccc1C1CCC(O)C(=O)N1. The molecule has 0 bridgehead atoms. The van der Waals surface area contributed by atoms with Crippen molar-refractivity contribution >= 4 is 11.9 Å². The van der Waals surface area contributed by atoms with Crippen LogP contribution in [-0.2, 0) is 20.7 Å². The zero-order chi connectivity index (χ0) is 13.8. The number of aliphatic hydroxyl groups is 1. The molecule has 2 rings (SSSR count). The number of hydrogen-bond acceptors (Lipinski definition) is 4. The molecule has 0 spiro atoms. The molecule has 2 unspecified atom stereocenters. The van der Waals surface area contributed by atoms with E-state index in [0.717, 1.165) is 11.1 Å². The number of amides is 1. The highest BCUT2D eigenvalue weighted by Gasteiger charge is 2.28. The minimum absolute atomic E-state index is 0.156. The van der Waals surface area contributed by atoms with Crippen LogP contribution in [-0.4, -0.2) is 30.2 Å². The van der Waals surface area contributed by atoms with Gasteiger partial charge in [0.25, 0.3) is 0 Å². The Hall–Kier alpha value is -1.88. The number of nitrogens with one attached hydrogen (secondary N) is 1. The highest BCUT2D eigenvalue weighted by atomic mass is 16.5. The van der Waals surface area contributed by atoms with Crippen LogP contribution in [0.15, 0.2) is 24.3 Å². The molecule has 2 N–H and O–H groups in total. The van der Waals surface area contributed by atoms with Crippen molar-refractivity contribution in [2.75, 3.05) is 7.11 Å². The van der Waals surface area contributed by atoms with E-state index in [2.05, 4.69) is 10.1 Å². The summed E-state index contributed by atoms with van der Waals surface area (Å²) in [7, 11) is 1.35. The Morgan fingerprint density at radius 2 is 2.16 bits per heavy atom. The van der Waals surface area contributed by atoms with Gasteiger partial charge >= 0.3 is 5.97 Å². The van der Waals surface area contributed by atoms with E-state index in [4.69, 9.17) is 0 Å². The second-order valence-corrected chi connectivity index (χ2v) is 4.61. The Labute approximate surface area is 111 Å². The minimum atomic E-state index is -0.927. The topological polar surface area (TPSA) is 75.6 Å². The number of ether oxygens (including phenoxy) is 1. The summed E-state index contributed by atoms with van der Waals surface area (Å²) < 4.78 is 4.67. The number of methoxy groups -OCH3 is 1. The van der Waals surface area contributed by atoms with E-state index < -0.39 is 6.10 Å². The molecule has 5 heteroatoms. The summed E-state index contributed by atoms with van der Waals surface area (Å²) in [4.78, 5) is 22.9. The molecular weight excluding hydrogens is 246 g/mol. The van der Waals surface area contributed by atoms with Crippen molar-refractivity contribution in [3.8, 4) is 0 Å². The van der Waals surface area contributed by atoms with Gasteiger partial charge in [-0.1, -0.05) is 24.3 Å². The molecule has 2 atom stereocenters. The lowest BCUT2D eigenvalue weighted by Crippen LogP contribution is -2.42. The molecule has 1 aliphatic rings. The maximum Gasteiger partial charge on any atom is 0.309 e. The molecule has 102 valence electrons. The lowest BCUT2D eigenvalue weighted by molar-refractivity contribution is -0.139. The summed E-state index contributed by atoms with van der Waals surface area (Å²) in [5.74, 6) is -0.668. The maximum absolute atomic E-state index is 11.5. The molecule has 0 radical (unpaired) electrons. The van der Waals surface area contributed by atoms with Crippen LogP contribution in [0.1, 0.15) is 30.0 Å². The molecule has 0 aliphatic carbocycles. The number of rotatable bonds is 3. The van der Waals surface area contributed by atoms with Crippen molar-refractivity contribution in [1.82, 2.24) is 5.32 Å². The number of carbonyl (C=O) groups excluding carboxylic acids is 2. The second kappa shape index (κ2) is 5.84. The monoisotopic (exact) mass is 263 g/mol. The van der Waals surface area contributed by atoms with Gasteiger partial charge in [-0.2, -0.15) is 0 Å². The molecule has 19 heavy (non-hydrogen) atoms. The third-order valence-electron chi connectivity index (χ3n) is 3.34. The van der Waals surface area contributed by atoms with E-state index >= 15 is 0 Å². The van der Waals surface area contributed by atoms with Crippen molar-refractivity contribution in [2.24, 2.45) is 0 Å². The zero-order valence-electron chi connectivity index (χ0n) is 10.8. The molecule has 1 aromatic rings. The van der Waals surface area contributed by atoms with Crippen LogP contribution >= 0.6 is 0 Å². The Morgan fingerprint density at radius 3 is 2.84 bits per heavy atom. The molecule has 1 aliphatic heterocycles. The molecule has 0 saturated carbocycles. The van der Waals surface area contributed by atoms with Crippen LogP contribution in [0.4, 0.5) is 0 Å². The first-order chi connectivity index (χ1) is 9.11. The lowest BCUT2D eigenvalue weighted by Gasteiger charge is -2.28. The van der Waals surface area contributed by atoms with Gasteiger partial charge in [-0.25, -0.2) is 0 Å². The van der Waals surface area contributed by atoms with Crippen molar-refractivity contribution < 1.29 is 19.4 Å². The van der Waals surface area contributed by atoms with Gasteiger partial charge in [0, 0.05) is 0 Å². The quantitative estimate of drug-likeness (QED) is 0.788. The maximum atomic E-state index is 11.5. The Bertz CT molecular complexity index is 486. The Morgan fingerprint density at radius 1 is 1.42 bits per heavy atom. The van der Waals surface area contributed by atoms with Crippen LogP contribution in [0, 0.1) is 0 Å². The number of carbonyl (C=O) groups is 2. The Balaban J connectivity index is 2.20. The van der Waals surface area contributed by atoms with Crippen LogP contribution < -0.4 is 5.32 Å². The molecule has 1 fully saturated rings. The normalized spacial score (nSPS) is 22.7. The average molecular weight is 263 g/mol. The van der Waals surface area contributed by atoms with Crippen molar-refractivity contribution in [3.63, 3.8) is 0 Å². The second-order valence-electron chi connectivity index (χ2n) is 4.61. The summed E-state index contributed by atoms with van der Waals surface area (Å²) in [5.41, 5.74) is 1.75. The number of benzene rings is 1. The summed E-state index contributed by atoms with van der Waals surface area (Å²) in [5, 5.41) is 12.2. The first-order valence-electron chi connectivity index (χ1n) is 6.25. The van der Waals surface area contributed by atoms with Gasteiger partial charge in [0.2, 0.25) is 5.91 Å². The fourth-order valence-electron chi connectivity index (χ4n) is 2.29. The van der Waals surface area contributed by atoms with Crippen molar-refractivity contribution in [1.29, 1.82) is 0 Å². The predicted molar refractivity (Wildman–Crippen MR) is 68.3 cm³/mol. The van der Waals surface area contributed by atoms with Gasteiger partial charge in [-0.3, -0.25) is 9.59 Å². The highest BCUT2D eigenvalue weighted by molar-refractivity contribution is 5.82. The van der Waals surface area contributed by atoms with E-state index in [9.17, 15) is 14.7 Å². The highest BCUT2D eigenvalue weighted by Crippen LogP contribution is 2.26. The predicted octanol–water partition coefficient (Wildman–Crippen LogP) is 0.714. The largest absolute Gasteiger partial charge is 0.469 e. The van der Waals surface area contributed by atoms with Crippen LogP contribution in [0.3, 0.4) is 0 Å². The number of esters is 1. The zero-order valence-corrected chi connectivity index (χ0v) is 10.8. The van der Waals surface area contributed by atoms with E-state index in [-0.39, 0.29) is 24.3 Å². The van der Waals surface area contributed by atoms with Crippen molar-refractivity contribution in [3.05, 3.63) is 35.4 Å².